The monoisotopic (exact) mass is 252 g/mol. The van der Waals surface area contributed by atoms with Gasteiger partial charge in [-0.1, -0.05) is 19.9 Å². The number of hydrogen-bond donors (Lipinski definition) is 1. The standard InChI is InChI=1S/C14H24N2O2/c1-3-9-17-10-11-18-14(12(15)4-2)13-7-5-6-8-16-13/h5-8,12,14H,3-4,9-11,15H2,1-2H3. The van der Waals surface area contributed by atoms with Gasteiger partial charge in [-0.2, -0.15) is 0 Å². The lowest BCUT2D eigenvalue weighted by molar-refractivity contribution is -0.00951. The average Bonchev–Trinajstić information content (AvgIpc) is 2.43. The van der Waals surface area contributed by atoms with E-state index in [0.29, 0.717) is 13.2 Å². The Morgan fingerprint density at radius 2 is 2.06 bits per heavy atom. The van der Waals surface area contributed by atoms with Crippen molar-refractivity contribution in [1.82, 2.24) is 4.98 Å². The summed E-state index contributed by atoms with van der Waals surface area (Å²) in [5, 5.41) is 0. The van der Waals surface area contributed by atoms with Gasteiger partial charge in [0.2, 0.25) is 0 Å². The van der Waals surface area contributed by atoms with E-state index in [2.05, 4.69) is 18.8 Å². The summed E-state index contributed by atoms with van der Waals surface area (Å²) < 4.78 is 11.2. The first-order valence-corrected chi connectivity index (χ1v) is 6.65. The maximum Gasteiger partial charge on any atom is 0.115 e. The average molecular weight is 252 g/mol. The van der Waals surface area contributed by atoms with Crippen molar-refractivity contribution in [3.05, 3.63) is 30.1 Å². The Labute approximate surface area is 110 Å². The number of ether oxygens (including phenoxy) is 2. The SMILES string of the molecule is CCCOCCOC(c1ccccn1)C(N)CC. The van der Waals surface area contributed by atoms with Crippen LogP contribution in [0.15, 0.2) is 24.4 Å². The minimum absolute atomic E-state index is 0.0360. The van der Waals surface area contributed by atoms with Gasteiger partial charge >= 0.3 is 0 Å². The van der Waals surface area contributed by atoms with Crippen LogP contribution in [0, 0.1) is 0 Å². The number of aromatic nitrogens is 1. The Morgan fingerprint density at radius 1 is 1.22 bits per heavy atom. The Morgan fingerprint density at radius 3 is 2.67 bits per heavy atom. The van der Waals surface area contributed by atoms with Crippen molar-refractivity contribution in [2.75, 3.05) is 19.8 Å². The third-order valence-corrected chi connectivity index (χ3v) is 2.71. The van der Waals surface area contributed by atoms with E-state index in [1.807, 2.05) is 18.2 Å². The Bertz CT molecular complexity index is 306. The fourth-order valence-electron chi connectivity index (χ4n) is 1.67. The lowest BCUT2D eigenvalue weighted by atomic mass is 10.1. The molecule has 0 aliphatic rings. The summed E-state index contributed by atoms with van der Waals surface area (Å²) in [7, 11) is 0. The Kier molecular flexibility index (Phi) is 7.57. The molecule has 4 nitrogen and oxygen atoms in total. The van der Waals surface area contributed by atoms with Crippen LogP contribution in [0.1, 0.15) is 38.5 Å². The van der Waals surface area contributed by atoms with Gasteiger partial charge in [0.05, 0.1) is 18.9 Å². The molecule has 1 rings (SSSR count). The van der Waals surface area contributed by atoms with E-state index >= 15 is 0 Å². The van der Waals surface area contributed by atoms with E-state index in [0.717, 1.165) is 25.1 Å². The molecule has 4 heteroatoms. The number of pyridine rings is 1. The van der Waals surface area contributed by atoms with E-state index in [-0.39, 0.29) is 12.1 Å². The molecule has 0 amide bonds. The molecule has 0 fully saturated rings. The van der Waals surface area contributed by atoms with Gasteiger partial charge in [0.25, 0.3) is 0 Å². The Hall–Kier alpha value is -0.970. The van der Waals surface area contributed by atoms with E-state index in [1.54, 1.807) is 6.20 Å². The van der Waals surface area contributed by atoms with Crippen LogP contribution in [0.3, 0.4) is 0 Å². The second-order valence-corrected chi connectivity index (χ2v) is 4.23. The topological polar surface area (TPSA) is 57.4 Å². The summed E-state index contributed by atoms with van der Waals surface area (Å²) in [6, 6.07) is 5.76. The van der Waals surface area contributed by atoms with E-state index < -0.39 is 0 Å². The molecule has 102 valence electrons. The van der Waals surface area contributed by atoms with Crippen LogP contribution in [0.4, 0.5) is 0 Å². The highest BCUT2D eigenvalue weighted by molar-refractivity contribution is 5.09. The summed E-state index contributed by atoms with van der Waals surface area (Å²) in [4.78, 5) is 4.32. The second-order valence-electron chi connectivity index (χ2n) is 4.23. The minimum atomic E-state index is -0.151. The van der Waals surface area contributed by atoms with Crippen LogP contribution in [-0.4, -0.2) is 30.8 Å². The molecule has 2 unspecified atom stereocenters. The third kappa shape index (κ3) is 5.12. The summed E-state index contributed by atoms with van der Waals surface area (Å²) in [5.41, 5.74) is 6.98. The lowest BCUT2D eigenvalue weighted by Crippen LogP contribution is -2.31. The maximum absolute atomic E-state index is 6.08. The molecule has 0 aromatic carbocycles. The number of rotatable bonds is 9. The zero-order valence-corrected chi connectivity index (χ0v) is 11.3. The molecule has 0 saturated carbocycles. The van der Waals surface area contributed by atoms with Crippen molar-refractivity contribution >= 4 is 0 Å². The van der Waals surface area contributed by atoms with Crippen LogP contribution in [0.25, 0.3) is 0 Å². The smallest absolute Gasteiger partial charge is 0.115 e. The fraction of sp³-hybridized carbons (Fsp3) is 0.643. The van der Waals surface area contributed by atoms with Crippen LogP contribution < -0.4 is 5.73 Å². The van der Waals surface area contributed by atoms with Crippen LogP contribution >= 0.6 is 0 Å². The molecular formula is C14H24N2O2. The highest BCUT2D eigenvalue weighted by Crippen LogP contribution is 2.19. The largest absolute Gasteiger partial charge is 0.379 e. The molecule has 1 heterocycles. The summed E-state index contributed by atoms with van der Waals surface area (Å²) in [5.74, 6) is 0. The zero-order chi connectivity index (χ0) is 13.2. The van der Waals surface area contributed by atoms with Gasteiger partial charge in [0.1, 0.15) is 6.10 Å². The highest BCUT2D eigenvalue weighted by atomic mass is 16.5. The second kappa shape index (κ2) is 9.03. The van der Waals surface area contributed by atoms with E-state index in [4.69, 9.17) is 15.2 Å². The molecule has 0 spiro atoms. The number of nitrogens with zero attached hydrogens (tertiary/aromatic N) is 1. The lowest BCUT2D eigenvalue weighted by Gasteiger charge is -2.22. The first-order valence-electron chi connectivity index (χ1n) is 6.65. The van der Waals surface area contributed by atoms with Gasteiger partial charge in [-0.3, -0.25) is 4.98 Å². The summed E-state index contributed by atoms with van der Waals surface area (Å²) >= 11 is 0. The maximum atomic E-state index is 6.08. The predicted molar refractivity (Wildman–Crippen MR) is 72.3 cm³/mol. The van der Waals surface area contributed by atoms with Gasteiger partial charge in [-0.05, 0) is 25.0 Å². The van der Waals surface area contributed by atoms with Gasteiger partial charge in [-0.15, -0.1) is 0 Å². The number of nitrogens with two attached hydrogens (primary N) is 1. The summed E-state index contributed by atoms with van der Waals surface area (Å²) in [6.45, 7) is 6.07. The molecule has 0 radical (unpaired) electrons. The van der Waals surface area contributed by atoms with Crippen LogP contribution in [-0.2, 0) is 9.47 Å². The first-order chi connectivity index (χ1) is 8.79. The van der Waals surface area contributed by atoms with Crippen molar-refractivity contribution in [2.45, 2.75) is 38.8 Å². The quantitative estimate of drug-likeness (QED) is 0.685. The highest BCUT2D eigenvalue weighted by Gasteiger charge is 2.20. The van der Waals surface area contributed by atoms with Crippen molar-refractivity contribution in [2.24, 2.45) is 5.73 Å². The van der Waals surface area contributed by atoms with E-state index in [1.165, 1.54) is 0 Å². The van der Waals surface area contributed by atoms with Crippen molar-refractivity contribution < 1.29 is 9.47 Å². The fourth-order valence-corrected chi connectivity index (χ4v) is 1.67. The van der Waals surface area contributed by atoms with Gasteiger partial charge in [0, 0.05) is 18.8 Å². The molecule has 0 aliphatic carbocycles. The molecule has 0 aliphatic heterocycles. The molecular weight excluding hydrogens is 228 g/mol. The molecule has 0 bridgehead atoms. The predicted octanol–water partition coefficient (Wildman–Crippen LogP) is 2.30. The van der Waals surface area contributed by atoms with E-state index in [9.17, 15) is 0 Å². The number of hydrogen-bond acceptors (Lipinski definition) is 4. The normalized spacial score (nSPS) is 14.4. The van der Waals surface area contributed by atoms with Crippen molar-refractivity contribution in [1.29, 1.82) is 0 Å². The Balaban J connectivity index is 2.47. The van der Waals surface area contributed by atoms with Crippen LogP contribution in [0.2, 0.25) is 0 Å². The minimum Gasteiger partial charge on any atom is -0.379 e. The molecule has 2 atom stereocenters. The molecule has 1 aromatic rings. The summed E-state index contributed by atoms with van der Waals surface area (Å²) in [6.07, 6.45) is 3.50. The third-order valence-electron chi connectivity index (χ3n) is 2.71. The van der Waals surface area contributed by atoms with Gasteiger partial charge in [-0.25, -0.2) is 0 Å². The van der Waals surface area contributed by atoms with Crippen LogP contribution in [0.5, 0.6) is 0 Å². The molecule has 0 saturated heterocycles. The van der Waals surface area contributed by atoms with Gasteiger partial charge in [0.15, 0.2) is 0 Å². The first kappa shape index (κ1) is 15.1. The molecule has 1 aromatic heterocycles. The van der Waals surface area contributed by atoms with Crippen molar-refractivity contribution in [3.8, 4) is 0 Å². The zero-order valence-electron chi connectivity index (χ0n) is 11.3. The molecule has 2 N–H and O–H groups in total. The van der Waals surface area contributed by atoms with Gasteiger partial charge < -0.3 is 15.2 Å². The molecule has 18 heavy (non-hydrogen) atoms. The van der Waals surface area contributed by atoms with Crippen molar-refractivity contribution in [3.63, 3.8) is 0 Å².